The summed E-state index contributed by atoms with van der Waals surface area (Å²) in [6, 6.07) is 7.27. The lowest BCUT2D eigenvalue weighted by Crippen LogP contribution is -2.26. The maximum atomic E-state index is 9.75. The average molecular weight is 307 g/mol. The Morgan fingerprint density at radius 3 is 2.71 bits per heavy atom. The second kappa shape index (κ2) is 5.65. The average Bonchev–Trinajstić information content (AvgIpc) is 2.17. The third-order valence-corrected chi connectivity index (χ3v) is 2.66. The van der Waals surface area contributed by atoms with Crippen LogP contribution in [0, 0.1) is 3.57 Å². The van der Waals surface area contributed by atoms with Crippen LogP contribution in [0.25, 0.3) is 0 Å². The predicted octanol–water partition coefficient (Wildman–Crippen LogP) is 1.03. The number of aliphatic hydroxyl groups excluding tert-OH is 2. The third kappa shape index (κ3) is 3.53. The lowest BCUT2D eigenvalue weighted by atomic mass is 10.0. The molecule has 0 radical (unpaired) electrons. The molecule has 4 heteroatoms. The van der Waals surface area contributed by atoms with E-state index in [9.17, 15) is 5.11 Å². The lowest BCUT2D eigenvalue weighted by Gasteiger charge is -2.14. The van der Waals surface area contributed by atoms with Crippen LogP contribution in [0.15, 0.2) is 24.3 Å². The highest BCUT2D eigenvalue weighted by molar-refractivity contribution is 14.1. The second-order valence-corrected chi connectivity index (χ2v) is 4.49. The highest BCUT2D eigenvalue weighted by Crippen LogP contribution is 2.19. The van der Waals surface area contributed by atoms with E-state index in [0.29, 0.717) is 6.42 Å². The van der Waals surface area contributed by atoms with Gasteiger partial charge in [0, 0.05) is 9.61 Å². The summed E-state index contributed by atoms with van der Waals surface area (Å²) in [6.07, 6.45) is -0.205. The fourth-order valence-corrected chi connectivity index (χ4v) is 1.78. The molecule has 1 aromatic rings. The Labute approximate surface area is 97.1 Å². The molecule has 0 aromatic heterocycles. The monoisotopic (exact) mass is 307 g/mol. The van der Waals surface area contributed by atoms with E-state index >= 15 is 0 Å². The predicted molar refractivity (Wildman–Crippen MR) is 63.8 cm³/mol. The third-order valence-electron chi connectivity index (χ3n) is 1.99. The summed E-state index contributed by atoms with van der Waals surface area (Å²) in [7, 11) is 0. The van der Waals surface area contributed by atoms with Gasteiger partial charge < -0.3 is 15.9 Å². The van der Waals surface area contributed by atoms with Crippen LogP contribution in [0.2, 0.25) is 0 Å². The van der Waals surface area contributed by atoms with Crippen LogP contribution in [0.3, 0.4) is 0 Å². The summed E-state index contributed by atoms with van der Waals surface area (Å²) in [5.74, 6) is 0. The summed E-state index contributed by atoms with van der Waals surface area (Å²) < 4.78 is 1.08. The van der Waals surface area contributed by atoms with E-state index in [4.69, 9.17) is 10.8 Å². The van der Waals surface area contributed by atoms with Crippen molar-refractivity contribution in [2.75, 3.05) is 6.61 Å². The van der Waals surface area contributed by atoms with Crippen LogP contribution in [0.4, 0.5) is 0 Å². The zero-order valence-corrected chi connectivity index (χ0v) is 9.89. The zero-order valence-electron chi connectivity index (χ0n) is 7.73. The molecule has 0 heterocycles. The molecule has 0 unspecified atom stereocenters. The van der Waals surface area contributed by atoms with Gasteiger partial charge in [-0.05, 0) is 46.7 Å². The molecule has 14 heavy (non-hydrogen) atoms. The first-order valence-electron chi connectivity index (χ1n) is 4.43. The second-order valence-electron chi connectivity index (χ2n) is 3.25. The molecule has 1 aromatic carbocycles. The highest BCUT2D eigenvalue weighted by atomic mass is 127. The van der Waals surface area contributed by atoms with E-state index in [1.165, 1.54) is 0 Å². The van der Waals surface area contributed by atoms with Gasteiger partial charge in [0.1, 0.15) is 0 Å². The molecule has 78 valence electrons. The fraction of sp³-hybridized carbons (Fsp3) is 0.400. The van der Waals surface area contributed by atoms with E-state index in [-0.39, 0.29) is 12.6 Å². The van der Waals surface area contributed by atoms with Crippen molar-refractivity contribution in [3.63, 3.8) is 0 Å². The topological polar surface area (TPSA) is 66.5 Å². The SMILES string of the molecule is N[C@H](CO)C[C@H](O)c1cccc(I)c1. The molecule has 0 saturated carbocycles. The minimum absolute atomic E-state index is 0.0962. The normalized spacial score (nSPS) is 15.1. The lowest BCUT2D eigenvalue weighted by molar-refractivity contribution is 0.140. The van der Waals surface area contributed by atoms with Crippen molar-refractivity contribution < 1.29 is 10.2 Å². The largest absolute Gasteiger partial charge is 0.395 e. The first-order valence-corrected chi connectivity index (χ1v) is 5.51. The molecule has 0 aliphatic rings. The standard InChI is InChI=1S/C10H14INO2/c11-8-3-1-2-7(4-8)10(14)5-9(12)6-13/h1-4,9-10,13-14H,5-6,12H2/t9-,10-/m0/s1. The Bertz CT molecular complexity index is 293. The Hall–Kier alpha value is -0.170. The number of hydrogen-bond donors (Lipinski definition) is 3. The zero-order chi connectivity index (χ0) is 10.6. The Morgan fingerprint density at radius 2 is 2.14 bits per heavy atom. The van der Waals surface area contributed by atoms with Crippen LogP contribution in [-0.2, 0) is 0 Å². The van der Waals surface area contributed by atoms with Crippen LogP contribution < -0.4 is 5.73 Å². The van der Waals surface area contributed by atoms with Gasteiger partial charge in [-0.2, -0.15) is 0 Å². The van der Waals surface area contributed by atoms with E-state index < -0.39 is 6.10 Å². The molecule has 0 spiro atoms. The number of halogens is 1. The Morgan fingerprint density at radius 1 is 1.43 bits per heavy atom. The summed E-state index contributed by atoms with van der Waals surface area (Å²) in [5.41, 5.74) is 6.39. The molecular weight excluding hydrogens is 293 g/mol. The van der Waals surface area contributed by atoms with Crippen LogP contribution in [-0.4, -0.2) is 22.9 Å². The summed E-state index contributed by atoms with van der Waals surface area (Å²) in [6.45, 7) is -0.0962. The van der Waals surface area contributed by atoms with Gasteiger partial charge in [0.25, 0.3) is 0 Å². The smallest absolute Gasteiger partial charge is 0.0806 e. The molecule has 0 aliphatic carbocycles. The van der Waals surface area contributed by atoms with E-state index in [2.05, 4.69) is 22.6 Å². The molecule has 0 saturated heterocycles. The van der Waals surface area contributed by atoms with Crippen molar-refractivity contribution in [1.29, 1.82) is 0 Å². The van der Waals surface area contributed by atoms with Crippen molar-refractivity contribution >= 4 is 22.6 Å². The highest BCUT2D eigenvalue weighted by Gasteiger charge is 2.11. The van der Waals surface area contributed by atoms with Gasteiger partial charge in [-0.25, -0.2) is 0 Å². The van der Waals surface area contributed by atoms with E-state index in [0.717, 1.165) is 9.13 Å². The first kappa shape index (κ1) is 11.9. The van der Waals surface area contributed by atoms with Crippen molar-refractivity contribution in [3.8, 4) is 0 Å². The van der Waals surface area contributed by atoms with Crippen molar-refractivity contribution in [2.45, 2.75) is 18.6 Å². The Balaban J connectivity index is 2.64. The van der Waals surface area contributed by atoms with E-state index in [1.54, 1.807) is 0 Å². The molecule has 1 rings (SSSR count). The van der Waals surface area contributed by atoms with Gasteiger partial charge in [-0.15, -0.1) is 0 Å². The Kier molecular flexibility index (Phi) is 4.80. The van der Waals surface area contributed by atoms with Crippen LogP contribution in [0.5, 0.6) is 0 Å². The van der Waals surface area contributed by atoms with Crippen molar-refractivity contribution in [1.82, 2.24) is 0 Å². The van der Waals surface area contributed by atoms with Crippen LogP contribution >= 0.6 is 22.6 Å². The summed E-state index contributed by atoms with van der Waals surface area (Å²) >= 11 is 2.19. The van der Waals surface area contributed by atoms with E-state index in [1.807, 2.05) is 24.3 Å². The number of rotatable bonds is 4. The number of benzene rings is 1. The number of hydrogen-bond acceptors (Lipinski definition) is 3. The molecule has 0 amide bonds. The number of nitrogens with two attached hydrogens (primary N) is 1. The molecule has 0 fully saturated rings. The molecule has 0 aliphatic heterocycles. The molecule has 4 N–H and O–H groups in total. The van der Waals surface area contributed by atoms with Gasteiger partial charge >= 0.3 is 0 Å². The molecular formula is C10H14INO2. The fourth-order valence-electron chi connectivity index (χ4n) is 1.21. The summed E-state index contributed by atoms with van der Waals surface area (Å²) in [5, 5.41) is 18.5. The van der Waals surface area contributed by atoms with Gasteiger partial charge in [0.2, 0.25) is 0 Å². The summed E-state index contributed by atoms with van der Waals surface area (Å²) in [4.78, 5) is 0. The first-order chi connectivity index (χ1) is 6.63. The maximum Gasteiger partial charge on any atom is 0.0806 e. The van der Waals surface area contributed by atoms with Gasteiger partial charge in [0.15, 0.2) is 0 Å². The van der Waals surface area contributed by atoms with Gasteiger partial charge in [0.05, 0.1) is 12.7 Å². The maximum absolute atomic E-state index is 9.75. The quantitative estimate of drug-likeness (QED) is 0.728. The number of aliphatic hydroxyl groups is 2. The minimum Gasteiger partial charge on any atom is -0.395 e. The van der Waals surface area contributed by atoms with Crippen molar-refractivity contribution in [2.24, 2.45) is 5.73 Å². The van der Waals surface area contributed by atoms with Crippen LogP contribution in [0.1, 0.15) is 18.1 Å². The van der Waals surface area contributed by atoms with Gasteiger partial charge in [-0.1, -0.05) is 12.1 Å². The molecule has 3 nitrogen and oxygen atoms in total. The molecule has 2 atom stereocenters. The minimum atomic E-state index is -0.591. The molecule has 0 bridgehead atoms. The van der Waals surface area contributed by atoms with Gasteiger partial charge in [-0.3, -0.25) is 0 Å². The van der Waals surface area contributed by atoms with Crippen molar-refractivity contribution in [3.05, 3.63) is 33.4 Å².